The van der Waals surface area contributed by atoms with E-state index < -0.39 is 88.4 Å². The molecule has 3 heterocycles. The fraction of sp³-hybridized carbons (Fsp3) is 0.415. The number of halogens is 6. The van der Waals surface area contributed by atoms with E-state index in [1.54, 1.807) is 42.5 Å². The number of amides is 1. The van der Waals surface area contributed by atoms with Gasteiger partial charge in [0.05, 0.1) is 45.7 Å². The first-order valence-electron chi connectivity index (χ1n) is 24.3. The number of hydrogen-bond acceptors (Lipinski definition) is 14. The SMILES string of the molecule is COc1ccc(C(OC[C@H]2O[C@@H](n3cnc4c(=O)[nH]c(NC(=O)COc5ccccc5)nc43)[C@@H](OCOCC(C(F)(F)F)C(F)(F)F)C2OP(OCCC#N)N(C(C)C)C(C)C)(c2ccccc2)c2ccc(C)cc2)cc1. The first-order valence-corrected chi connectivity index (χ1v) is 25.5. The van der Waals surface area contributed by atoms with Crippen LogP contribution in [0.1, 0.15) is 62.6 Å². The maximum absolute atomic E-state index is 13.8. The number of carbonyl (C=O) groups is 1. The zero-order valence-corrected chi connectivity index (χ0v) is 43.7. The molecular weight excluding hydrogens is 1040 g/mol. The lowest BCUT2D eigenvalue weighted by molar-refractivity contribution is -0.299. The second-order valence-electron chi connectivity index (χ2n) is 18.3. The molecule has 1 saturated heterocycles. The standard InChI is InChI=1S/C53H58F6N7O10P/c1-33(2)66(34(3)4)77(74-27-13-26-60)76-45-41(28-73-51(36-14-9-7-10-15-36,37-20-18-35(5)19-21-37)38-22-24-39(69-6)25-23-38)75-49(46(45)72-32-70-29-42(52(54,55)56)53(57,58)59)65-31-61-44-47(65)63-50(64-48(44)68)62-43(67)30-71-40-16-11-8-12-17-40/h7-12,14-25,31,33-34,41-42,45-46,49H,13,27-30,32H2,1-6H3,(H2,62,63,64,67,68)/t41-,45?,46+,49-,51?,77?/m1/s1. The van der Waals surface area contributed by atoms with E-state index in [9.17, 15) is 41.2 Å². The predicted octanol–water partition coefficient (Wildman–Crippen LogP) is 10.1. The van der Waals surface area contributed by atoms with Crippen molar-refractivity contribution in [3.63, 3.8) is 0 Å². The van der Waals surface area contributed by atoms with Gasteiger partial charge < -0.3 is 37.5 Å². The Morgan fingerprint density at radius 2 is 1.48 bits per heavy atom. The van der Waals surface area contributed by atoms with E-state index in [1.165, 1.54) is 18.0 Å². The van der Waals surface area contributed by atoms with E-state index in [0.29, 0.717) is 28.2 Å². The summed E-state index contributed by atoms with van der Waals surface area (Å²) in [5.74, 6) is -3.97. The number of nitriles is 1. The molecule has 0 aliphatic carbocycles. The third kappa shape index (κ3) is 14.2. The minimum absolute atomic E-state index is 0.0492. The van der Waals surface area contributed by atoms with Gasteiger partial charge in [0.1, 0.15) is 42.2 Å². The molecule has 1 aliphatic rings. The summed E-state index contributed by atoms with van der Waals surface area (Å²) in [7, 11) is -0.678. The first kappa shape index (κ1) is 58.2. The number of carbonyl (C=O) groups excluding carboxylic acids is 1. The summed E-state index contributed by atoms with van der Waals surface area (Å²) < 4.78 is 136. The van der Waals surface area contributed by atoms with Crippen LogP contribution in [0.15, 0.2) is 120 Å². The van der Waals surface area contributed by atoms with Gasteiger partial charge in [-0.2, -0.15) is 36.6 Å². The summed E-state index contributed by atoms with van der Waals surface area (Å²) >= 11 is 0. The van der Waals surface area contributed by atoms with Crippen molar-refractivity contribution in [3.8, 4) is 17.6 Å². The number of fused-ring (bicyclic) bond motifs is 1. The van der Waals surface area contributed by atoms with Crippen LogP contribution in [0.5, 0.6) is 11.5 Å². The molecule has 0 spiro atoms. The number of rotatable bonds is 25. The molecule has 4 aromatic carbocycles. The number of aryl methyl sites for hydroxylation is 1. The predicted molar refractivity (Wildman–Crippen MR) is 270 cm³/mol. The van der Waals surface area contributed by atoms with Gasteiger partial charge in [-0.25, -0.2) is 9.65 Å². The van der Waals surface area contributed by atoms with Crippen LogP contribution < -0.4 is 20.3 Å². The molecule has 0 radical (unpaired) electrons. The van der Waals surface area contributed by atoms with Crippen LogP contribution in [0.3, 0.4) is 0 Å². The Kier molecular flexibility index (Phi) is 19.5. The van der Waals surface area contributed by atoms with Crippen molar-refractivity contribution in [1.82, 2.24) is 24.2 Å². The zero-order chi connectivity index (χ0) is 55.5. The number of ether oxygens (including phenoxy) is 6. The number of H-pyrrole nitrogens is 1. The molecule has 6 aromatic rings. The van der Waals surface area contributed by atoms with Gasteiger partial charge in [0.25, 0.3) is 20.0 Å². The van der Waals surface area contributed by atoms with Gasteiger partial charge in [-0.05, 0) is 75.6 Å². The van der Waals surface area contributed by atoms with Crippen LogP contribution in [0.25, 0.3) is 11.2 Å². The summed E-state index contributed by atoms with van der Waals surface area (Å²) in [6.45, 7) is 5.48. The van der Waals surface area contributed by atoms with Gasteiger partial charge in [-0.1, -0.05) is 90.5 Å². The van der Waals surface area contributed by atoms with Crippen LogP contribution in [-0.4, -0.2) is 113 Å². The average molecular weight is 1100 g/mol. The zero-order valence-electron chi connectivity index (χ0n) is 42.8. The number of benzene rings is 4. The summed E-state index contributed by atoms with van der Waals surface area (Å²) in [5.41, 5.74) is 0.252. The smallest absolute Gasteiger partial charge is 0.402 e. The quantitative estimate of drug-likeness (QED) is 0.0181. The average Bonchev–Trinajstić information content (AvgIpc) is 4.13. The Morgan fingerprint density at radius 3 is 2.08 bits per heavy atom. The summed E-state index contributed by atoms with van der Waals surface area (Å²) in [5, 5.41) is 12.1. The highest BCUT2D eigenvalue weighted by atomic mass is 31.2. The molecule has 7 rings (SSSR count). The van der Waals surface area contributed by atoms with Gasteiger partial charge in [0.15, 0.2) is 29.9 Å². The fourth-order valence-electron chi connectivity index (χ4n) is 8.69. The van der Waals surface area contributed by atoms with E-state index >= 15 is 0 Å². The number of alkyl halides is 6. The minimum atomic E-state index is -5.72. The molecule has 77 heavy (non-hydrogen) atoms. The Morgan fingerprint density at radius 1 is 0.870 bits per heavy atom. The third-order valence-corrected chi connectivity index (χ3v) is 14.4. The molecule has 24 heteroatoms. The van der Waals surface area contributed by atoms with Crippen molar-refractivity contribution >= 4 is 31.5 Å². The molecule has 1 fully saturated rings. The molecule has 2 aromatic heterocycles. The third-order valence-electron chi connectivity index (χ3n) is 12.3. The molecule has 0 saturated carbocycles. The van der Waals surface area contributed by atoms with Crippen LogP contribution in [0, 0.1) is 24.2 Å². The second kappa shape index (κ2) is 25.8. The Balaban J connectivity index is 1.37. The van der Waals surface area contributed by atoms with Gasteiger partial charge in [-0.15, -0.1) is 0 Å². The van der Waals surface area contributed by atoms with Gasteiger partial charge >= 0.3 is 12.4 Å². The highest BCUT2D eigenvalue weighted by Crippen LogP contribution is 2.52. The Labute approximate surface area is 441 Å². The first-order chi connectivity index (χ1) is 36.7. The number of imidazole rings is 1. The lowest BCUT2D eigenvalue weighted by Crippen LogP contribution is -2.43. The molecule has 1 aliphatic heterocycles. The normalized spacial score (nSPS) is 18.2. The summed E-state index contributed by atoms with van der Waals surface area (Å²) in [4.78, 5) is 38.1. The maximum Gasteiger partial charge on any atom is 0.402 e. The van der Waals surface area contributed by atoms with E-state index in [-0.39, 0.29) is 48.8 Å². The van der Waals surface area contributed by atoms with Crippen molar-refractivity contribution in [2.75, 3.05) is 45.6 Å². The van der Waals surface area contributed by atoms with E-state index in [1.807, 2.05) is 112 Å². The van der Waals surface area contributed by atoms with Gasteiger partial charge in [-0.3, -0.25) is 24.5 Å². The number of nitrogens with zero attached hydrogens (tertiary/aromatic N) is 5. The van der Waals surface area contributed by atoms with Gasteiger partial charge in [0.2, 0.25) is 5.95 Å². The fourth-order valence-corrected chi connectivity index (χ4v) is 10.5. The topological polar surface area (TPSA) is 194 Å². The molecule has 3 unspecified atom stereocenters. The molecule has 2 N–H and O–H groups in total. The Hall–Kier alpha value is -6.48. The van der Waals surface area contributed by atoms with Gasteiger partial charge in [0, 0.05) is 12.1 Å². The largest absolute Gasteiger partial charge is 0.497 e. The van der Waals surface area contributed by atoms with Crippen molar-refractivity contribution in [1.29, 1.82) is 5.26 Å². The number of para-hydroxylation sites is 1. The van der Waals surface area contributed by atoms with Crippen LogP contribution in [0.2, 0.25) is 0 Å². The van der Waals surface area contributed by atoms with Crippen molar-refractivity contribution < 1.29 is 68.6 Å². The molecule has 1 amide bonds. The summed E-state index contributed by atoms with van der Waals surface area (Å²) in [6, 6.07) is 34.2. The summed E-state index contributed by atoms with van der Waals surface area (Å²) in [6.07, 6.45) is -16.1. The lowest BCUT2D eigenvalue weighted by Gasteiger charge is -2.39. The van der Waals surface area contributed by atoms with E-state index in [2.05, 4.69) is 20.3 Å². The monoisotopic (exact) mass is 1100 g/mol. The van der Waals surface area contributed by atoms with Crippen molar-refractivity contribution in [2.24, 2.45) is 5.92 Å². The molecular formula is C53H58F6N7O10P. The number of nitrogens with one attached hydrogen (secondary N) is 2. The molecule has 6 atom stereocenters. The van der Waals surface area contributed by atoms with Crippen molar-refractivity contribution in [3.05, 3.63) is 148 Å². The molecule has 0 bridgehead atoms. The highest BCUT2D eigenvalue weighted by Gasteiger charge is 2.57. The molecule has 17 nitrogen and oxygen atoms in total. The number of hydrogen-bond donors (Lipinski definition) is 2. The highest BCUT2D eigenvalue weighted by molar-refractivity contribution is 7.44. The van der Waals surface area contributed by atoms with E-state index in [0.717, 1.165) is 5.56 Å². The molecule has 412 valence electrons. The van der Waals surface area contributed by atoms with E-state index in [4.69, 9.17) is 37.5 Å². The lowest BCUT2D eigenvalue weighted by atomic mass is 9.79. The maximum atomic E-state index is 13.8. The number of aromatic nitrogens is 4. The van der Waals surface area contributed by atoms with Crippen molar-refractivity contribution in [2.45, 2.75) is 95.6 Å². The number of anilines is 1. The van der Waals surface area contributed by atoms with Crippen LogP contribution in [0.4, 0.5) is 32.3 Å². The second-order valence-corrected chi connectivity index (χ2v) is 19.7. The minimum Gasteiger partial charge on any atom is -0.497 e. The van der Waals surface area contributed by atoms with Crippen LogP contribution >= 0.6 is 8.53 Å². The number of methoxy groups -OCH3 is 1. The number of aromatic amines is 1. The van der Waals surface area contributed by atoms with Crippen LogP contribution in [-0.2, 0) is 38.4 Å². The Bertz CT molecular complexity index is 2930.